The first-order valence-electron chi connectivity index (χ1n) is 9.73. The lowest BCUT2D eigenvalue weighted by molar-refractivity contribution is -0.118. The van der Waals surface area contributed by atoms with Crippen molar-refractivity contribution in [3.8, 4) is 11.5 Å². The van der Waals surface area contributed by atoms with Gasteiger partial charge in [0.1, 0.15) is 11.5 Å². The van der Waals surface area contributed by atoms with Crippen LogP contribution in [0.3, 0.4) is 0 Å². The van der Waals surface area contributed by atoms with Gasteiger partial charge in [-0.15, -0.1) is 12.4 Å². The van der Waals surface area contributed by atoms with E-state index in [-0.39, 0.29) is 30.8 Å². The molecule has 0 aromatic heterocycles. The van der Waals surface area contributed by atoms with Gasteiger partial charge in [-0.1, -0.05) is 32.0 Å². The molecular formula is C22H30ClN3O4. The number of hydrogen-bond acceptors (Lipinski definition) is 5. The predicted octanol–water partition coefficient (Wildman–Crippen LogP) is 3.21. The van der Waals surface area contributed by atoms with Crippen LogP contribution >= 0.6 is 12.4 Å². The molecule has 2 rings (SSSR count). The molecular weight excluding hydrogens is 406 g/mol. The summed E-state index contributed by atoms with van der Waals surface area (Å²) in [6.07, 6.45) is 0. The lowest BCUT2D eigenvalue weighted by Crippen LogP contribution is -2.34. The lowest BCUT2D eigenvalue weighted by Gasteiger charge is -2.18. The van der Waals surface area contributed by atoms with E-state index in [1.54, 1.807) is 30.3 Å². The molecule has 0 saturated carbocycles. The molecule has 2 aromatic carbocycles. The van der Waals surface area contributed by atoms with Crippen molar-refractivity contribution in [1.82, 2.24) is 10.2 Å². The van der Waals surface area contributed by atoms with Crippen LogP contribution in [-0.2, 0) is 4.79 Å². The minimum atomic E-state index is -0.316. The van der Waals surface area contributed by atoms with Crippen molar-refractivity contribution >= 4 is 29.9 Å². The zero-order valence-electron chi connectivity index (χ0n) is 17.6. The number of benzene rings is 2. The van der Waals surface area contributed by atoms with Crippen LogP contribution in [0.4, 0.5) is 5.69 Å². The van der Waals surface area contributed by atoms with Gasteiger partial charge in [0.15, 0.2) is 6.61 Å². The van der Waals surface area contributed by atoms with Crippen LogP contribution in [0.25, 0.3) is 0 Å². The fraction of sp³-hybridized carbons (Fsp3) is 0.364. The first-order chi connectivity index (χ1) is 14.1. The van der Waals surface area contributed by atoms with Gasteiger partial charge in [-0.25, -0.2) is 0 Å². The Morgan fingerprint density at radius 1 is 1.03 bits per heavy atom. The average molecular weight is 436 g/mol. The number of methoxy groups -OCH3 is 1. The third-order valence-electron chi connectivity index (χ3n) is 4.46. The lowest BCUT2D eigenvalue weighted by atomic mass is 10.1. The van der Waals surface area contributed by atoms with Crippen molar-refractivity contribution in [1.29, 1.82) is 0 Å². The molecule has 0 spiro atoms. The van der Waals surface area contributed by atoms with Crippen LogP contribution in [0, 0.1) is 0 Å². The summed E-state index contributed by atoms with van der Waals surface area (Å²) in [6, 6.07) is 14.0. The molecule has 0 fully saturated rings. The molecule has 0 unspecified atom stereocenters. The van der Waals surface area contributed by atoms with Gasteiger partial charge in [-0.05, 0) is 43.4 Å². The first-order valence-corrected chi connectivity index (χ1v) is 9.73. The van der Waals surface area contributed by atoms with E-state index in [1.807, 2.05) is 18.2 Å². The summed E-state index contributed by atoms with van der Waals surface area (Å²) in [5, 5.41) is 5.65. The number of halogens is 1. The molecule has 2 N–H and O–H groups in total. The maximum absolute atomic E-state index is 12.4. The average Bonchev–Trinajstić information content (AvgIpc) is 2.76. The number of anilines is 1. The Kier molecular flexibility index (Phi) is 11.3. The fourth-order valence-corrected chi connectivity index (χ4v) is 2.76. The van der Waals surface area contributed by atoms with E-state index in [9.17, 15) is 9.59 Å². The maximum atomic E-state index is 12.4. The van der Waals surface area contributed by atoms with Crippen molar-refractivity contribution < 1.29 is 19.1 Å². The number of nitrogens with one attached hydrogen (secondary N) is 2. The molecule has 0 atom stereocenters. The molecule has 0 aliphatic heterocycles. The number of carbonyl (C=O) groups is 2. The number of ether oxygens (including phenoxy) is 2. The quantitative estimate of drug-likeness (QED) is 0.566. The van der Waals surface area contributed by atoms with E-state index < -0.39 is 0 Å². The summed E-state index contributed by atoms with van der Waals surface area (Å²) >= 11 is 0. The molecule has 0 radical (unpaired) electrons. The summed E-state index contributed by atoms with van der Waals surface area (Å²) < 4.78 is 10.8. The predicted molar refractivity (Wildman–Crippen MR) is 121 cm³/mol. The second-order valence-corrected chi connectivity index (χ2v) is 6.35. The van der Waals surface area contributed by atoms with Crippen molar-refractivity contribution in [2.45, 2.75) is 13.8 Å². The molecule has 30 heavy (non-hydrogen) atoms. The Balaban J connectivity index is 0.00000450. The Morgan fingerprint density at radius 3 is 2.37 bits per heavy atom. The highest BCUT2D eigenvalue weighted by atomic mass is 35.5. The number of para-hydroxylation sites is 1. The Hall–Kier alpha value is -2.77. The molecule has 164 valence electrons. The SMILES string of the molecule is CCN(CC)CCNC(=O)c1ccc(NC(=O)COc2ccccc2)c(OC)c1.Cl. The summed E-state index contributed by atoms with van der Waals surface area (Å²) in [5.74, 6) is 0.533. The molecule has 8 heteroatoms. The minimum absolute atomic E-state index is 0. The van der Waals surface area contributed by atoms with Crippen molar-refractivity contribution in [2.24, 2.45) is 0 Å². The van der Waals surface area contributed by atoms with Gasteiger partial charge in [0.2, 0.25) is 0 Å². The van der Waals surface area contributed by atoms with Crippen molar-refractivity contribution in [3.05, 3.63) is 54.1 Å². The number of likely N-dealkylation sites (N-methyl/N-ethyl adjacent to an activating group) is 1. The first kappa shape index (κ1) is 25.3. The molecule has 0 aliphatic carbocycles. The second kappa shape index (κ2) is 13.5. The van der Waals surface area contributed by atoms with Crippen LogP contribution in [-0.4, -0.2) is 56.6 Å². The van der Waals surface area contributed by atoms with E-state index in [1.165, 1.54) is 7.11 Å². The molecule has 0 heterocycles. The highest BCUT2D eigenvalue weighted by Gasteiger charge is 2.13. The Labute approximate surface area is 184 Å². The van der Waals surface area contributed by atoms with Crippen LogP contribution in [0.1, 0.15) is 24.2 Å². The highest BCUT2D eigenvalue weighted by Crippen LogP contribution is 2.25. The van der Waals surface area contributed by atoms with Gasteiger partial charge in [-0.2, -0.15) is 0 Å². The highest BCUT2D eigenvalue weighted by molar-refractivity contribution is 5.97. The fourth-order valence-electron chi connectivity index (χ4n) is 2.76. The van der Waals surface area contributed by atoms with Crippen LogP contribution in [0.5, 0.6) is 11.5 Å². The largest absolute Gasteiger partial charge is 0.495 e. The summed E-state index contributed by atoms with van der Waals surface area (Å²) in [7, 11) is 1.49. The summed E-state index contributed by atoms with van der Waals surface area (Å²) in [5.41, 5.74) is 0.953. The molecule has 0 bridgehead atoms. The van der Waals surface area contributed by atoms with Gasteiger partial charge in [0, 0.05) is 18.7 Å². The third kappa shape index (κ3) is 7.93. The Bertz CT molecular complexity index is 798. The number of nitrogens with zero attached hydrogens (tertiary/aromatic N) is 1. The van der Waals surface area contributed by atoms with Crippen LogP contribution < -0.4 is 20.1 Å². The van der Waals surface area contributed by atoms with E-state index in [4.69, 9.17) is 9.47 Å². The van der Waals surface area contributed by atoms with E-state index in [0.717, 1.165) is 19.6 Å². The summed E-state index contributed by atoms with van der Waals surface area (Å²) in [6.45, 7) is 7.32. The van der Waals surface area contributed by atoms with E-state index in [0.29, 0.717) is 29.3 Å². The van der Waals surface area contributed by atoms with Gasteiger partial charge in [-0.3, -0.25) is 9.59 Å². The number of carbonyl (C=O) groups excluding carboxylic acids is 2. The topological polar surface area (TPSA) is 79.9 Å². The minimum Gasteiger partial charge on any atom is -0.495 e. The molecule has 0 saturated heterocycles. The van der Waals surface area contributed by atoms with E-state index in [2.05, 4.69) is 29.4 Å². The monoisotopic (exact) mass is 435 g/mol. The van der Waals surface area contributed by atoms with Gasteiger partial charge in [0.05, 0.1) is 12.8 Å². The van der Waals surface area contributed by atoms with Crippen molar-refractivity contribution in [3.63, 3.8) is 0 Å². The van der Waals surface area contributed by atoms with Crippen LogP contribution in [0.2, 0.25) is 0 Å². The number of rotatable bonds is 11. The smallest absolute Gasteiger partial charge is 0.262 e. The maximum Gasteiger partial charge on any atom is 0.262 e. The number of amides is 2. The number of hydrogen-bond donors (Lipinski definition) is 2. The van der Waals surface area contributed by atoms with Gasteiger partial charge in [0.25, 0.3) is 11.8 Å². The molecule has 7 nitrogen and oxygen atoms in total. The third-order valence-corrected chi connectivity index (χ3v) is 4.46. The van der Waals surface area contributed by atoms with Crippen LogP contribution in [0.15, 0.2) is 48.5 Å². The molecule has 2 amide bonds. The van der Waals surface area contributed by atoms with Crippen molar-refractivity contribution in [2.75, 3.05) is 45.2 Å². The van der Waals surface area contributed by atoms with E-state index >= 15 is 0 Å². The zero-order valence-corrected chi connectivity index (χ0v) is 18.5. The normalized spacial score (nSPS) is 10.1. The van der Waals surface area contributed by atoms with Gasteiger partial charge < -0.3 is 25.0 Å². The standard InChI is InChI=1S/C22H29N3O4.ClH/c1-4-25(5-2)14-13-23-22(27)17-11-12-19(20(15-17)28-3)24-21(26)16-29-18-9-7-6-8-10-18;/h6-12,15H,4-5,13-14,16H2,1-3H3,(H,23,27)(H,24,26);1H. The molecule has 0 aliphatic rings. The molecule has 2 aromatic rings. The van der Waals surface area contributed by atoms with Gasteiger partial charge >= 0.3 is 0 Å². The Morgan fingerprint density at radius 2 is 1.73 bits per heavy atom. The zero-order chi connectivity index (χ0) is 21.1. The summed E-state index contributed by atoms with van der Waals surface area (Å²) in [4.78, 5) is 26.8. The second-order valence-electron chi connectivity index (χ2n) is 6.35.